The largest absolute Gasteiger partial charge is 0.486 e. The number of carbonyl (C=O) groups is 1. The van der Waals surface area contributed by atoms with Crippen LogP contribution in [0.15, 0.2) is 53.5 Å². The maximum absolute atomic E-state index is 13.7. The van der Waals surface area contributed by atoms with Gasteiger partial charge >= 0.3 is 0 Å². The lowest BCUT2D eigenvalue weighted by Gasteiger charge is -2.21. The summed E-state index contributed by atoms with van der Waals surface area (Å²) in [7, 11) is 1.67. The first-order chi connectivity index (χ1) is 14.2. The summed E-state index contributed by atoms with van der Waals surface area (Å²) in [6.45, 7) is 8.64. The van der Waals surface area contributed by atoms with Gasteiger partial charge in [-0.3, -0.25) is 9.79 Å². The van der Waals surface area contributed by atoms with E-state index in [1.807, 2.05) is 45.9 Å². The fraction of sp³-hybridized carbons (Fsp3) is 0.391. The third kappa shape index (κ3) is 9.54. The van der Waals surface area contributed by atoms with Gasteiger partial charge in [-0.2, -0.15) is 0 Å². The predicted molar refractivity (Wildman–Crippen MR) is 134 cm³/mol. The van der Waals surface area contributed by atoms with Gasteiger partial charge in [0.2, 0.25) is 0 Å². The van der Waals surface area contributed by atoms with E-state index in [9.17, 15) is 9.18 Å². The van der Waals surface area contributed by atoms with Crippen LogP contribution in [0.4, 0.5) is 4.39 Å². The van der Waals surface area contributed by atoms with Crippen molar-refractivity contribution in [1.82, 2.24) is 16.0 Å². The van der Waals surface area contributed by atoms with Crippen molar-refractivity contribution in [3.63, 3.8) is 0 Å². The molecule has 1 atom stereocenters. The number of guanidine groups is 1. The van der Waals surface area contributed by atoms with Gasteiger partial charge in [0, 0.05) is 24.7 Å². The number of aliphatic imine (C=N–C) groups is 1. The van der Waals surface area contributed by atoms with Gasteiger partial charge in [0.25, 0.3) is 5.91 Å². The Hall–Kier alpha value is -2.36. The van der Waals surface area contributed by atoms with E-state index in [1.165, 1.54) is 6.07 Å². The predicted octanol–water partition coefficient (Wildman–Crippen LogP) is 4.10. The van der Waals surface area contributed by atoms with Crippen molar-refractivity contribution in [2.75, 3.05) is 13.6 Å². The first-order valence-corrected chi connectivity index (χ1v) is 9.95. The number of benzene rings is 2. The van der Waals surface area contributed by atoms with Crippen molar-refractivity contribution in [3.05, 3.63) is 65.5 Å². The summed E-state index contributed by atoms with van der Waals surface area (Å²) in [5.74, 6) is 0.317. The van der Waals surface area contributed by atoms with E-state index >= 15 is 0 Å². The number of nitrogens with zero attached hydrogens (tertiary/aromatic N) is 1. The molecule has 3 N–H and O–H groups in total. The number of rotatable bonds is 7. The number of halogens is 2. The van der Waals surface area contributed by atoms with Crippen LogP contribution in [-0.4, -0.2) is 37.1 Å². The summed E-state index contributed by atoms with van der Waals surface area (Å²) in [6, 6.07) is 13.8. The number of hydrogen-bond donors (Lipinski definition) is 3. The molecule has 0 saturated carbocycles. The van der Waals surface area contributed by atoms with Crippen molar-refractivity contribution in [2.45, 2.75) is 45.9 Å². The van der Waals surface area contributed by atoms with Crippen LogP contribution in [0.2, 0.25) is 0 Å². The minimum Gasteiger partial charge on any atom is -0.486 e. The summed E-state index contributed by atoms with van der Waals surface area (Å²) in [5, 5.41) is 9.33. The smallest absolute Gasteiger partial charge is 0.251 e. The number of ether oxygens (including phenoxy) is 1. The van der Waals surface area contributed by atoms with Gasteiger partial charge in [-0.25, -0.2) is 4.39 Å². The van der Waals surface area contributed by atoms with Crippen molar-refractivity contribution in [2.24, 2.45) is 4.99 Å². The molecule has 2 rings (SSSR count). The molecule has 0 bridgehead atoms. The lowest BCUT2D eigenvalue weighted by Crippen LogP contribution is -2.41. The summed E-state index contributed by atoms with van der Waals surface area (Å²) >= 11 is 0. The number of carbonyl (C=O) groups excluding carboxylic acids is 1. The molecule has 0 fully saturated rings. The Balaban J connectivity index is 0.00000480. The van der Waals surface area contributed by atoms with Gasteiger partial charge in [-0.05, 0) is 57.5 Å². The molecule has 0 saturated heterocycles. The molecule has 0 aromatic heterocycles. The average Bonchev–Trinajstić information content (AvgIpc) is 2.69. The normalized spacial score (nSPS) is 12.4. The van der Waals surface area contributed by atoms with Crippen LogP contribution in [0.5, 0.6) is 5.75 Å². The van der Waals surface area contributed by atoms with Gasteiger partial charge in [-0.15, -0.1) is 24.0 Å². The Morgan fingerprint density at radius 2 is 1.84 bits per heavy atom. The van der Waals surface area contributed by atoms with E-state index in [-0.39, 0.29) is 53.1 Å². The van der Waals surface area contributed by atoms with Gasteiger partial charge in [0.1, 0.15) is 6.10 Å². The topological polar surface area (TPSA) is 74.8 Å². The zero-order valence-electron chi connectivity index (χ0n) is 18.7. The first kappa shape index (κ1) is 26.7. The monoisotopic (exact) mass is 542 g/mol. The molecule has 0 heterocycles. The van der Waals surface area contributed by atoms with Crippen molar-refractivity contribution in [1.29, 1.82) is 0 Å². The fourth-order valence-corrected chi connectivity index (χ4v) is 2.68. The third-order valence-electron chi connectivity index (χ3n) is 4.08. The van der Waals surface area contributed by atoms with Crippen molar-refractivity contribution >= 4 is 35.8 Å². The van der Waals surface area contributed by atoms with Crippen LogP contribution in [-0.2, 0) is 6.54 Å². The molecular formula is C23H32FIN4O2. The minimum absolute atomic E-state index is 0. The fourth-order valence-electron chi connectivity index (χ4n) is 2.68. The van der Waals surface area contributed by atoms with Gasteiger partial charge in [-0.1, -0.05) is 24.3 Å². The molecule has 6 nitrogen and oxygen atoms in total. The second kappa shape index (κ2) is 12.5. The standard InChI is InChI=1S/C23H31FN4O2.HI/c1-16(30-20-12-7-6-11-19(20)24)14-26-22(25-5)27-15-17-9-8-10-18(13-17)21(29)28-23(2,3)4;/h6-13,16H,14-15H2,1-5H3,(H,28,29)(H2,25,26,27);1H. The molecule has 0 spiro atoms. The van der Waals surface area contributed by atoms with E-state index in [0.29, 0.717) is 24.6 Å². The molecule has 1 amide bonds. The second-order valence-corrected chi connectivity index (χ2v) is 8.07. The molecule has 0 aliphatic rings. The molecule has 170 valence electrons. The third-order valence-corrected chi connectivity index (χ3v) is 4.08. The Kier molecular flexibility index (Phi) is 10.7. The van der Waals surface area contributed by atoms with Gasteiger partial charge in [0.05, 0.1) is 6.54 Å². The minimum atomic E-state index is -0.387. The van der Waals surface area contributed by atoms with Crippen LogP contribution >= 0.6 is 24.0 Å². The number of amides is 1. The molecule has 0 aliphatic carbocycles. The lowest BCUT2D eigenvalue weighted by molar-refractivity contribution is 0.0919. The molecule has 1 unspecified atom stereocenters. The van der Waals surface area contributed by atoms with Crippen LogP contribution in [0.1, 0.15) is 43.6 Å². The number of hydrogen-bond acceptors (Lipinski definition) is 3. The second-order valence-electron chi connectivity index (χ2n) is 8.07. The first-order valence-electron chi connectivity index (χ1n) is 9.95. The SMILES string of the molecule is CN=C(NCc1cccc(C(=O)NC(C)(C)C)c1)NCC(C)Oc1ccccc1F.I. The molecule has 8 heteroatoms. The van der Waals surface area contributed by atoms with Crippen LogP contribution < -0.4 is 20.7 Å². The van der Waals surface area contributed by atoms with Crippen LogP contribution in [0.25, 0.3) is 0 Å². The van der Waals surface area contributed by atoms with Crippen molar-refractivity contribution in [3.8, 4) is 5.75 Å². The highest BCUT2D eigenvalue weighted by Gasteiger charge is 2.15. The van der Waals surface area contributed by atoms with E-state index in [2.05, 4.69) is 20.9 Å². The quantitative estimate of drug-likeness (QED) is 0.280. The number of nitrogens with one attached hydrogen (secondary N) is 3. The summed E-state index contributed by atoms with van der Waals surface area (Å²) < 4.78 is 19.3. The lowest BCUT2D eigenvalue weighted by atomic mass is 10.1. The molecule has 31 heavy (non-hydrogen) atoms. The van der Waals surface area contributed by atoms with E-state index in [0.717, 1.165) is 5.56 Å². The molecule has 0 aliphatic heterocycles. The molecule has 0 radical (unpaired) electrons. The zero-order valence-corrected chi connectivity index (χ0v) is 21.0. The maximum atomic E-state index is 13.7. The summed E-state index contributed by atoms with van der Waals surface area (Å²) in [4.78, 5) is 16.5. The Labute approximate surface area is 201 Å². The van der Waals surface area contributed by atoms with Gasteiger partial charge in [0.15, 0.2) is 17.5 Å². The Bertz CT molecular complexity index is 884. The Morgan fingerprint density at radius 1 is 1.13 bits per heavy atom. The molecule has 2 aromatic carbocycles. The average molecular weight is 542 g/mol. The number of para-hydroxylation sites is 1. The van der Waals surface area contributed by atoms with E-state index in [1.54, 1.807) is 31.3 Å². The maximum Gasteiger partial charge on any atom is 0.251 e. The van der Waals surface area contributed by atoms with Crippen LogP contribution in [0.3, 0.4) is 0 Å². The molecular weight excluding hydrogens is 510 g/mol. The van der Waals surface area contributed by atoms with E-state index in [4.69, 9.17) is 4.74 Å². The van der Waals surface area contributed by atoms with Gasteiger partial charge < -0.3 is 20.7 Å². The van der Waals surface area contributed by atoms with E-state index < -0.39 is 0 Å². The summed E-state index contributed by atoms with van der Waals surface area (Å²) in [5.41, 5.74) is 1.27. The highest BCUT2D eigenvalue weighted by Crippen LogP contribution is 2.16. The van der Waals surface area contributed by atoms with Crippen molar-refractivity contribution < 1.29 is 13.9 Å². The molecule has 2 aromatic rings. The zero-order chi connectivity index (χ0) is 22.1. The Morgan fingerprint density at radius 3 is 2.48 bits per heavy atom. The summed E-state index contributed by atoms with van der Waals surface area (Å²) in [6.07, 6.45) is -0.259. The highest BCUT2D eigenvalue weighted by atomic mass is 127. The highest BCUT2D eigenvalue weighted by molar-refractivity contribution is 14.0. The van der Waals surface area contributed by atoms with Crippen LogP contribution in [0, 0.1) is 5.82 Å².